The first kappa shape index (κ1) is 36.3. The fourth-order valence-electron chi connectivity index (χ4n) is 4.82. The number of methoxy groups -OCH3 is 4. The molecule has 0 saturated carbocycles. The molecular weight excluding hydrogens is 634 g/mol. The Morgan fingerprint density at radius 3 is 2.09 bits per heavy atom. The van der Waals surface area contributed by atoms with Crippen molar-refractivity contribution in [2.24, 2.45) is 0 Å². The summed E-state index contributed by atoms with van der Waals surface area (Å²) in [6.07, 6.45) is 1.96. The Balaban J connectivity index is 2.17. The highest BCUT2D eigenvalue weighted by Gasteiger charge is 2.35. The van der Waals surface area contributed by atoms with Gasteiger partial charge >= 0.3 is 0 Å². The van der Waals surface area contributed by atoms with Crippen LogP contribution in [0, 0.1) is 0 Å². The Labute approximate surface area is 276 Å². The second-order valence-electron chi connectivity index (χ2n) is 10.3. The van der Waals surface area contributed by atoms with Gasteiger partial charge in [0.05, 0.1) is 39.0 Å². The van der Waals surface area contributed by atoms with Gasteiger partial charge in [-0.2, -0.15) is 0 Å². The number of halogens is 1. The number of carbonyl (C=O) groups is 2. The van der Waals surface area contributed by atoms with E-state index in [1.807, 2.05) is 6.92 Å². The van der Waals surface area contributed by atoms with E-state index in [0.717, 1.165) is 17.1 Å². The van der Waals surface area contributed by atoms with Gasteiger partial charge in [-0.05, 0) is 54.8 Å². The summed E-state index contributed by atoms with van der Waals surface area (Å²) in [5, 5.41) is 3.43. The molecule has 0 fully saturated rings. The molecule has 0 bridgehead atoms. The number of anilines is 1. The zero-order chi connectivity index (χ0) is 33.9. The molecule has 0 spiro atoms. The highest BCUT2D eigenvalue weighted by Crippen LogP contribution is 2.38. The molecule has 2 amide bonds. The second-order valence-corrected chi connectivity index (χ2v) is 12.6. The summed E-state index contributed by atoms with van der Waals surface area (Å²) in [6, 6.07) is 14.8. The molecule has 1 unspecified atom stereocenters. The molecule has 3 aromatic carbocycles. The number of benzene rings is 3. The largest absolute Gasteiger partial charge is 0.497 e. The SMILES string of the molecule is CCCCNC(=O)C(CC)N(Cc1ccc(Cl)cc1)C(=O)CN(c1cc(OC)ccc1OC)S(=O)(=O)c1ccc(OC)c(OC)c1. The number of sulfonamides is 1. The third kappa shape index (κ3) is 8.76. The van der Waals surface area contributed by atoms with E-state index in [4.69, 9.17) is 30.5 Å². The third-order valence-corrected chi connectivity index (χ3v) is 9.37. The van der Waals surface area contributed by atoms with Crippen LogP contribution in [0.25, 0.3) is 0 Å². The number of rotatable bonds is 17. The average molecular weight is 676 g/mol. The van der Waals surface area contributed by atoms with Gasteiger partial charge in [0.15, 0.2) is 11.5 Å². The number of hydrogen-bond donors (Lipinski definition) is 1. The van der Waals surface area contributed by atoms with Crippen molar-refractivity contribution in [3.63, 3.8) is 0 Å². The van der Waals surface area contributed by atoms with Crippen LogP contribution in [0.5, 0.6) is 23.0 Å². The van der Waals surface area contributed by atoms with Crippen molar-refractivity contribution in [3.8, 4) is 23.0 Å². The zero-order valence-electron chi connectivity index (χ0n) is 27.0. The van der Waals surface area contributed by atoms with Gasteiger partial charge in [0, 0.05) is 30.2 Å². The lowest BCUT2D eigenvalue weighted by Gasteiger charge is -2.33. The molecule has 13 heteroatoms. The highest BCUT2D eigenvalue weighted by atomic mass is 35.5. The topological polar surface area (TPSA) is 124 Å². The lowest BCUT2D eigenvalue weighted by molar-refractivity contribution is -0.140. The van der Waals surface area contributed by atoms with Gasteiger partial charge < -0.3 is 29.2 Å². The molecule has 0 aliphatic rings. The minimum absolute atomic E-state index is 0.0369. The molecule has 1 N–H and O–H groups in total. The molecule has 11 nitrogen and oxygen atoms in total. The lowest BCUT2D eigenvalue weighted by Crippen LogP contribution is -2.52. The van der Waals surface area contributed by atoms with Crippen LogP contribution in [0.2, 0.25) is 5.02 Å². The molecule has 0 aliphatic heterocycles. The Kier molecular flexibility index (Phi) is 13.4. The van der Waals surface area contributed by atoms with Crippen LogP contribution in [-0.2, 0) is 26.2 Å². The van der Waals surface area contributed by atoms with E-state index in [-0.39, 0.29) is 34.5 Å². The summed E-state index contributed by atoms with van der Waals surface area (Å²) in [4.78, 5) is 29.0. The summed E-state index contributed by atoms with van der Waals surface area (Å²) in [7, 11) is 1.23. The van der Waals surface area contributed by atoms with Crippen molar-refractivity contribution >= 4 is 39.1 Å². The number of nitrogens with one attached hydrogen (secondary N) is 1. The summed E-state index contributed by atoms with van der Waals surface area (Å²) in [5.41, 5.74) is 0.780. The summed E-state index contributed by atoms with van der Waals surface area (Å²) >= 11 is 6.10. The van der Waals surface area contributed by atoms with Crippen molar-refractivity contribution in [3.05, 3.63) is 71.2 Å². The highest BCUT2D eigenvalue weighted by molar-refractivity contribution is 7.92. The minimum atomic E-state index is -4.45. The van der Waals surface area contributed by atoms with E-state index in [0.29, 0.717) is 35.1 Å². The van der Waals surface area contributed by atoms with Gasteiger partial charge in [0.2, 0.25) is 11.8 Å². The number of ether oxygens (including phenoxy) is 4. The van der Waals surface area contributed by atoms with Crippen LogP contribution in [-0.4, -0.2) is 72.7 Å². The number of carbonyl (C=O) groups excluding carboxylic acids is 2. The summed E-state index contributed by atoms with van der Waals surface area (Å²) in [5.74, 6) is 0.110. The van der Waals surface area contributed by atoms with Crippen molar-refractivity contribution < 1.29 is 37.0 Å². The standard InChI is InChI=1S/C33H42ClN3O8S/c1-7-9-18-35-33(39)27(8-2)36(21-23-10-12-24(34)13-11-23)32(38)22-37(28-19-25(42-3)14-16-29(28)43-4)46(40,41)26-15-17-30(44-5)31(20-26)45-6/h10-17,19-20,27H,7-9,18,21-22H2,1-6H3,(H,35,39). The Bertz CT molecular complexity index is 1580. The van der Waals surface area contributed by atoms with Crippen LogP contribution in [0.3, 0.4) is 0 Å². The monoisotopic (exact) mass is 675 g/mol. The van der Waals surface area contributed by atoms with Crippen molar-refractivity contribution in [1.82, 2.24) is 10.2 Å². The molecule has 0 aromatic heterocycles. The molecule has 3 aromatic rings. The van der Waals surface area contributed by atoms with Crippen molar-refractivity contribution in [1.29, 1.82) is 0 Å². The van der Waals surface area contributed by atoms with Gasteiger partial charge in [-0.15, -0.1) is 0 Å². The number of unbranched alkanes of at least 4 members (excludes halogenated alkanes) is 1. The third-order valence-electron chi connectivity index (χ3n) is 7.36. The quantitative estimate of drug-likeness (QED) is 0.192. The van der Waals surface area contributed by atoms with Gasteiger partial charge in [-0.25, -0.2) is 8.42 Å². The number of hydrogen-bond acceptors (Lipinski definition) is 8. The molecule has 0 heterocycles. The summed E-state index contributed by atoms with van der Waals surface area (Å²) in [6.45, 7) is 3.65. The smallest absolute Gasteiger partial charge is 0.265 e. The second kappa shape index (κ2) is 17.0. The van der Waals surface area contributed by atoms with Crippen LogP contribution in [0.4, 0.5) is 5.69 Å². The molecule has 1 atom stereocenters. The van der Waals surface area contributed by atoms with Gasteiger partial charge in [0.1, 0.15) is 24.1 Å². The first-order valence-corrected chi connectivity index (χ1v) is 16.6. The molecule has 46 heavy (non-hydrogen) atoms. The first-order chi connectivity index (χ1) is 22.0. The van der Waals surface area contributed by atoms with E-state index in [9.17, 15) is 18.0 Å². The number of nitrogens with zero attached hydrogens (tertiary/aromatic N) is 2. The normalized spacial score (nSPS) is 11.7. The maximum Gasteiger partial charge on any atom is 0.265 e. The Morgan fingerprint density at radius 1 is 0.848 bits per heavy atom. The van der Waals surface area contributed by atoms with E-state index in [1.165, 1.54) is 57.6 Å². The van der Waals surface area contributed by atoms with Gasteiger partial charge in [-0.1, -0.05) is 44.0 Å². The molecule has 3 rings (SSSR count). The molecule has 250 valence electrons. The predicted molar refractivity (Wildman–Crippen MR) is 178 cm³/mol. The van der Waals surface area contributed by atoms with Crippen LogP contribution in [0.15, 0.2) is 65.6 Å². The van der Waals surface area contributed by atoms with Crippen LogP contribution in [0.1, 0.15) is 38.7 Å². The molecule has 0 aliphatic carbocycles. The predicted octanol–water partition coefficient (Wildman–Crippen LogP) is 5.29. The molecule has 0 saturated heterocycles. The molecular formula is C33H42ClN3O8S. The number of amides is 2. The maximum atomic E-state index is 14.4. The summed E-state index contributed by atoms with van der Waals surface area (Å²) < 4.78 is 51.4. The maximum absolute atomic E-state index is 14.4. The molecule has 0 radical (unpaired) electrons. The van der Waals surface area contributed by atoms with Crippen LogP contribution >= 0.6 is 11.6 Å². The van der Waals surface area contributed by atoms with Gasteiger partial charge in [-0.3, -0.25) is 13.9 Å². The fourth-order valence-corrected chi connectivity index (χ4v) is 6.38. The fraction of sp³-hybridized carbons (Fsp3) is 0.394. The average Bonchev–Trinajstić information content (AvgIpc) is 3.07. The zero-order valence-corrected chi connectivity index (χ0v) is 28.6. The van der Waals surface area contributed by atoms with Crippen molar-refractivity contribution in [2.45, 2.75) is 50.6 Å². The van der Waals surface area contributed by atoms with E-state index >= 15 is 0 Å². The van der Waals surface area contributed by atoms with Crippen molar-refractivity contribution in [2.75, 3.05) is 45.8 Å². The van der Waals surface area contributed by atoms with Gasteiger partial charge in [0.25, 0.3) is 10.0 Å². The van der Waals surface area contributed by atoms with E-state index < -0.39 is 28.5 Å². The van der Waals surface area contributed by atoms with E-state index in [2.05, 4.69) is 5.32 Å². The lowest BCUT2D eigenvalue weighted by atomic mass is 10.1. The Hall–Kier alpha value is -4.16. The van der Waals surface area contributed by atoms with Crippen LogP contribution < -0.4 is 28.6 Å². The minimum Gasteiger partial charge on any atom is -0.497 e. The Morgan fingerprint density at radius 2 is 1.50 bits per heavy atom. The first-order valence-electron chi connectivity index (χ1n) is 14.8. The van der Waals surface area contributed by atoms with E-state index in [1.54, 1.807) is 43.3 Å².